The van der Waals surface area contributed by atoms with E-state index in [1.54, 1.807) is 0 Å². The third kappa shape index (κ3) is 32.2. The number of alkyl carbamates (subject to hydrolysis) is 2. The number of carbonyl (C=O) groups is 6. The second kappa shape index (κ2) is 47.4. The molecule has 28 nitrogen and oxygen atoms in total. The number of carbonyl (C=O) groups excluding carboxylic acids is 6. The van der Waals surface area contributed by atoms with Crippen LogP contribution in [0.3, 0.4) is 0 Å². The molecular weight excluding hydrogens is 1740 g/mol. The summed E-state index contributed by atoms with van der Waals surface area (Å²) < 4.78 is 103. The Hall–Kier alpha value is -11.7. The molecule has 0 spiro atoms. The van der Waals surface area contributed by atoms with E-state index in [9.17, 15) is 39.0 Å². The average molecular weight is 1880 g/mol. The molecule has 10 atom stereocenters. The summed E-state index contributed by atoms with van der Waals surface area (Å²) in [5.41, 5.74) is 6.09. The number of hydrogen-bond donors (Lipinski definition) is 4. The zero-order valence-corrected chi connectivity index (χ0v) is 80.2. The molecule has 136 heavy (non-hydrogen) atoms. The Bertz CT molecular complexity index is 5130. The number of hydrogen-bond acceptors (Lipinski definition) is 26. The lowest BCUT2D eigenvalue weighted by Gasteiger charge is -2.46. The third-order valence-electron chi connectivity index (χ3n) is 25.4. The molecule has 1 aliphatic carbocycles. The summed E-state index contributed by atoms with van der Waals surface area (Å²) in [6.07, 6.45) is -2.76. The molecule has 10 unspecified atom stereocenters. The number of aliphatic hydroxyl groups is 2. The van der Waals surface area contributed by atoms with Gasteiger partial charge >= 0.3 is 36.1 Å². The van der Waals surface area contributed by atoms with Gasteiger partial charge in [0.1, 0.15) is 162 Å². The van der Waals surface area contributed by atoms with E-state index in [1.165, 1.54) is 0 Å². The zero-order valence-electron chi connectivity index (χ0n) is 80.2. The van der Waals surface area contributed by atoms with Crippen molar-refractivity contribution in [2.24, 2.45) is 10.8 Å². The molecule has 13 rings (SSSR count). The molecule has 0 radical (unpaired) electrons. The minimum absolute atomic E-state index is 0.0177. The Morgan fingerprint density at radius 3 is 0.824 bits per heavy atom. The molecule has 4 saturated heterocycles. The van der Waals surface area contributed by atoms with E-state index in [0.29, 0.717) is 81.9 Å². The highest BCUT2D eigenvalue weighted by Crippen LogP contribution is 2.47. The maximum Gasteiger partial charge on any atom is 0.407 e. The van der Waals surface area contributed by atoms with Crippen LogP contribution in [0.15, 0.2) is 194 Å². The second-order valence-electron chi connectivity index (χ2n) is 39.3. The van der Waals surface area contributed by atoms with Crippen molar-refractivity contribution >= 4 is 36.1 Å². The summed E-state index contributed by atoms with van der Waals surface area (Å²) in [6.45, 7) is 26.4. The molecule has 8 aromatic rings. The first-order valence-electron chi connectivity index (χ1n) is 47.4. The van der Waals surface area contributed by atoms with Gasteiger partial charge in [-0.25, -0.2) is 9.59 Å². The van der Waals surface area contributed by atoms with Crippen molar-refractivity contribution in [3.8, 4) is 46.0 Å². The lowest BCUT2D eigenvalue weighted by atomic mass is 9.62. The first-order valence-corrected chi connectivity index (χ1v) is 47.4. The minimum atomic E-state index is -1.10. The van der Waals surface area contributed by atoms with Gasteiger partial charge in [-0.2, -0.15) is 0 Å². The Balaban J connectivity index is 0.570. The van der Waals surface area contributed by atoms with E-state index in [2.05, 4.69) is 104 Å². The fraction of sp³-hybridized carbons (Fsp3) is 0.500. The Labute approximate surface area is 797 Å². The molecule has 4 heterocycles. The maximum atomic E-state index is 14.3. The quantitative estimate of drug-likeness (QED) is 0.0119. The molecular formula is C108H134N2O26. The predicted molar refractivity (Wildman–Crippen MR) is 507 cm³/mol. The van der Waals surface area contributed by atoms with E-state index in [4.69, 9.17) is 85.3 Å². The van der Waals surface area contributed by atoms with Crippen LogP contribution in [0.25, 0.3) is 0 Å². The summed E-state index contributed by atoms with van der Waals surface area (Å²) in [5.74, 6) is 2.85. The molecule has 4 aliphatic heterocycles. The minimum Gasteiger partial charge on any atom is -0.491 e. The average Bonchev–Trinajstić information content (AvgIpc) is 1.65. The van der Waals surface area contributed by atoms with Crippen molar-refractivity contribution in [1.29, 1.82) is 0 Å². The lowest BCUT2D eigenvalue weighted by molar-refractivity contribution is -0.149. The van der Waals surface area contributed by atoms with Crippen LogP contribution in [0.5, 0.6) is 46.0 Å². The molecule has 0 bridgehead atoms. The predicted octanol–water partition coefficient (Wildman–Crippen LogP) is 16.5. The van der Waals surface area contributed by atoms with Crippen molar-refractivity contribution in [2.75, 3.05) is 112 Å². The number of esters is 4. The lowest BCUT2D eigenvalue weighted by Crippen LogP contribution is -2.51. The highest BCUT2D eigenvalue weighted by molar-refractivity contribution is 5.72. The van der Waals surface area contributed by atoms with Gasteiger partial charge in [-0.1, -0.05) is 173 Å². The normalized spacial score (nSPS) is 19.0. The van der Waals surface area contributed by atoms with Crippen molar-refractivity contribution in [1.82, 2.24) is 10.6 Å². The van der Waals surface area contributed by atoms with E-state index >= 15 is 0 Å². The largest absolute Gasteiger partial charge is 0.491 e. The number of unbranched alkanes of at least 4 members (excludes halogenated alkanes) is 2. The molecule has 2 amide bonds. The topological polar surface area (TPSA) is 346 Å². The maximum absolute atomic E-state index is 14.3. The monoisotopic (exact) mass is 1870 g/mol. The van der Waals surface area contributed by atoms with Crippen LogP contribution >= 0.6 is 0 Å². The molecule has 732 valence electrons. The van der Waals surface area contributed by atoms with Crippen molar-refractivity contribution in [2.45, 2.75) is 223 Å². The van der Waals surface area contributed by atoms with E-state index in [-0.39, 0.29) is 151 Å². The van der Waals surface area contributed by atoms with Gasteiger partial charge in [0.05, 0.1) is 26.4 Å². The summed E-state index contributed by atoms with van der Waals surface area (Å²) >= 11 is 0. The third-order valence-corrected chi connectivity index (χ3v) is 25.4. The SMILES string of the molecule is CC1(C)CC(NC(=O)OC(COC(=O)CCCCC(=O)OCC(O)COc2ccc(C(C)(C)c3ccc(OCC4CO4)cc3)cc2)COc2ccc(C(C)(C)c3ccc(OCC4CO4)cc3)cc2)CC(C)(CNC(=O)OC(COC(=O)CCCCC(=O)OCC(O)COc2ccc(C(C)(C)c3ccc(OCC4CO4)cc3)cc2)COc2ccc(C(C)(C)c3ccc(OCC4CO4)cc3)cc2)C1. The van der Waals surface area contributed by atoms with Gasteiger partial charge in [0, 0.05) is 59.9 Å². The summed E-state index contributed by atoms with van der Waals surface area (Å²) in [4.78, 5) is 81.0. The molecule has 28 heteroatoms. The van der Waals surface area contributed by atoms with Gasteiger partial charge in [0.2, 0.25) is 0 Å². The fourth-order valence-corrected chi connectivity index (χ4v) is 16.7. The van der Waals surface area contributed by atoms with Gasteiger partial charge in [-0.05, 0) is 197 Å². The Morgan fingerprint density at radius 1 is 0.331 bits per heavy atom. The smallest absolute Gasteiger partial charge is 0.407 e. The van der Waals surface area contributed by atoms with Crippen molar-refractivity contribution in [3.63, 3.8) is 0 Å². The van der Waals surface area contributed by atoms with Gasteiger partial charge in [0.25, 0.3) is 0 Å². The molecule has 4 N–H and O–H groups in total. The first-order chi connectivity index (χ1) is 65.1. The fourth-order valence-electron chi connectivity index (χ4n) is 16.7. The number of amides is 2. The number of nitrogens with one attached hydrogen (secondary N) is 2. The van der Waals surface area contributed by atoms with Crippen LogP contribution in [0.4, 0.5) is 9.59 Å². The van der Waals surface area contributed by atoms with E-state index in [0.717, 1.165) is 80.7 Å². The van der Waals surface area contributed by atoms with Crippen LogP contribution < -0.4 is 48.5 Å². The molecule has 0 aromatic heterocycles. The van der Waals surface area contributed by atoms with Crippen LogP contribution in [0, 0.1) is 10.8 Å². The van der Waals surface area contributed by atoms with Gasteiger partial charge < -0.3 is 106 Å². The summed E-state index contributed by atoms with van der Waals surface area (Å²) in [6, 6.07) is 62.1. The van der Waals surface area contributed by atoms with Crippen LogP contribution in [-0.4, -0.2) is 213 Å². The summed E-state index contributed by atoms with van der Waals surface area (Å²) in [5, 5.41) is 27.5. The molecule has 5 fully saturated rings. The van der Waals surface area contributed by atoms with Crippen molar-refractivity contribution in [3.05, 3.63) is 239 Å². The van der Waals surface area contributed by atoms with Crippen LogP contribution in [0.1, 0.15) is 191 Å². The number of rotatable bonds is 55. The van der Waals surface area contributed by atoms with Gasteiger partial charge in [-0.3, -0.25) is 19.2 Å². The van der Waals surface area contributed by atoms with E-state index < -0.39 is 82.8 Å². The number of epoxide rings is 4. The van der Waals surface area contributed by atoms with Crippen molar-refractivity contribution < 1.29 is 124 Å². The molecule has 5 aliphatic rings. The number of ether oxygens (including phenoxy) is 18. The standard InChI is InChI=1S/C108H134N2O26/c1-103(2)52-80(110-102(118)136-96(67-126-90-50-34-79(35-51-90)107(9,10)77-30-46-88(47-31-77)124-61-94-65-130-94)69-134-100(116)19-15-13-17-98(114)132-57-82(112)55-120-84-38-22-73(23-39-84)105(5,6)75-26-42-86(43-27-75)122-59-92-63-128-92)53-108(11,70-103)71-109-101(117)135-95(66-125-89-48-32-78(33-49-89)106(7,8)76-28-44-87(45-29-76)123-60-93-64-129-93)68-133-99(115)18-14-12-16-97(113)131-56-81(111)54-119-83-36-20-72(21-37-83)104(3,4)74-24-40-85(41-25-74)121-58-91-62-127-91/h20-51,80-82,91-96,111-112H,12-19,52-71H2,1-11H3,(H,109,117)(H,110,118). The highest BCUT2D eigenvalue weighted by atomic mass is 16.6. The molecule has 1 saturated carbocycles. The van der Waals surface area contributed by atoms with Gasteiger partial charge in [0.15, 0.2) is 12.2 Å². The summed E-state index contributed by atoms with van der Waals surface area (Å²) in [7, 11) is 0. The van der Waals surface area contributed by atoms with Crippen LogP contribution in [-0.2, 0) is 88.2 Å². The van der Waals surface area contributed by atoms with Gasteiger partial charge in [-0.15, -0.1) is 0 Å². The van der Waals surface area contributed by atoms with Crippen LogP contribution in [0.2, 0.25) is 0 Å². The molecule has 8 aromatic carbocycles. The second-order valence-corrected chi connectivity index (χ2v) is 39.3. The first kappa shape index (κ1) is 102. The Morgan fingerprint density at radius 2 is 0.566 bits per heavy atom. The highest BCUT2D eigenvalue weighted by Gasteiger charge is 2.43. The number of aliphatic hydroxyl groups excluding tert-OH is 2. The van der Waals surface area contributed by atoms with E-state index in [1.807, 2.05) is 177 Å². The Kier molecular flexibility index (Phi) is 35.5. The number of benzene rings is 8. The zero-order chi connectivity index (χ0) is 96.5.